The molecule has 0 N–H and O–H groups in total. The Morgan fingerprint density at radius 1 is 1.32 bits per heavy atom. The minimum Gasteiger partial charge on any atom is -0.348 e. The number of carbonyl (C=O) groups is 1. The third kappa shape index (κ3) is 5.04. The van der Waals surface area contributed by atoms with Crippen LogP contribution in [0.5, 0.6) is 0 Å². The number of allylic oxidation sites excluding steroid dienone is 2. The van der Waals surface area contributed by atoms with Crippen LogP contribution >= 0.6 is 0 Å². The van der Waals surface area contributed by atoms with Gasteiger partial charge in [-0.3, -0.25) is 4.79 Å². The van der Waals surface area contributed by atoms with Gasteiger partial charge in [0.05, 0.1) is 13.2 Å². The van der Waals surface area contributed by atoms with Crippen molar-refractivity contribution < 1.29 is 14.3 Å². The zero-order chi connectivity index (χ0) is 18.4. The first-order valence-corrected chi connectivity index (χ1v) is 8.91. The number of aldehydes is 1. The summed E-state index contributed by atoms with van der Waals surface area (Å²) in [7, 11) is 0. The number of aryl methyl sites for hydroxylation is 1. The maximum Gasteiger partial charge on any atom is 0.166 e. The van der Waals surface area contributed by atoms with Crippen LogP contribution in [0.15, 0.2) is 23.8 Å². The SMILES string of the molecule is C/C(C#Cc1c(C)ccc(C(C)C)c1C=O)=C/CCC1(C)OCCO1. The number of rotatable bonds is 5. The van der Waals surface area contributed by atoms with Gasteiger partial charge in [-0.15, -0.1) is 0 Å². The number of carbonyl (C=O) groups excluding carboxylic acids is 1. The van der Waals surface area contributed by atoms with Crippen molar-refractivity contribution in [3.05, 3.63) is 46.0 Å². The number of hydrogen-bond acceptors (Lipinski definition) is 3. The van der Waals surface area contributed by atoms with Crippen LogP contribution in [0.1, 0.15) is 73.5 Å². The van der Waals surface area contributed by atoms with Crippen molar-refractivity contribution in [3.8, 4) is 11.8 Å². The third-order valence-corrected chi connectivity index (χ3v) is 4.56. The third-order valence-electron chi connectivity index (χ3n) is 4.56. The molecule has 1 aromatic carbocycles. The Hall–Kier alpha value is -1.89. The van der Waals surface area contributed by atoms with E-state index in [-0.39, 0.29) is 0 Å². The largest absolute Gasteiger partial charge is 0.348 e. The molecule has 3 heteroatoms. The van der Waals surface area contributed by atoms with Gasteiger partial charge in [0.25, 0.3) is 0 Å². The highest BCUT2D eigenvalue weighted by molar-refractivity contribution is 5.83. The average Bonchev–Trinajstić information content (AvgIpc) is 2.99. The first kappa shape index (κ1) is 19.4. The first-order valence-electron chi connectivity index (χ1n) is 8.91. The molecular formula is C22H28O3. The molecule has 0 bridgehead atoms. The van der Waals surface area contributed by atoms with Crippen LogP contribution in [0.2, 0.25) is 0 Å². The van der Waals surface area contributed by atoms with E-state index in [1.807, 2.05) is 32.9 Å². The summed E-state index contributed by atoms with van der Waals surface area (Å²) in [6, 6.07) is 4.07. The Morgan fingerprint density at radius 3 is 2.60 bits per heavy atom. The van der Waals surface area contributed by atoms with E-state index in [2.05, 4.69) is 31.8 Å². The van der Waals surface area contributed by atoms with Crippen LogP contribution < -0.4 is 0 Å². The van der Waals surface area contributed by atoms with Crippen molar-refractivity contribution >= 4 is 6.29 Å². The summed E-state index contributed by atoms with van der Waals surface area (Å²) in [5.41, 5.74) is 4.63. The fourth-order valence-corrected chi connectivity index (χ4v) is 3.01. The Labute approximate surface area is 151 Å². The summed E-state index contributed by atoms with van der Waals surface area (Å²) in [5, 5.41) is 0. The molecule has 1 aromatic rings. The monoisotopic (exact) mass is 340 g/mol. The molecular weight excluding hydrogens is 312 g/mol. The van der Waals surface area contributed by atoms with Gasteiger partial charge in [0.15, 0.2) is 12.1 Å². The molecule has 0 saturated carbocycles. The molecule has 134 valence electrons. The highest BCUT2D eigenvalue weighted by atomic mass is 16.7. The second-order valence-corrected chi connectivity index (χ2v) is 7.04. The van der Waals surface area contributed by atoms with Crippen molar-refractivity contribution in [2.75, 3.05) is 13.2 Å². The fraction of sp³-hybridized carbons (Fsp3) is 0.500. The van der Waals surface area contributed by atoms with Crippen molar-refractivity contribution in [1.82, 2.24) is 0 Å². The summed E-state index contributed by atoms with van der Waals surface area (Å²) in [5.74, 6) is 6.23. The molecule has 1 heterocycles. The number of benzene rings is 1. The maximum absolute atomic E-state index is 11.6. The van der Waals surface area contributed by atoms with Gasteiger partial charge >= 0.3 is 0 Å². The quantitative estimate of drug-likeness (QED) is 0.572. The molecule has 0 atom stereocenters. The van der Waals surface area contributed by atoms with E-state index >= 15 is 0 Å². The van der Waals surface area contributed by atoms with Gasteiger partial charge in [-0.1, -0.05) is 43.9 Å². The highest BCUT2D eigenvalue weighted by Gasteiger charge is 2.29. The van der Waals surface area contributed by atoms with Crippen molar-refractivity contribution in [2.45, 2.75) is 59.2 Å². The summed E-state index contributed by atoms with van der Waals surface area (Å²) in [4.78, 5) is 11.6. The van der Waals surface area contributed by atoms with E-state index in [0.717, 1.165) is 47.0 Å². The van der Waals surface area contributed by atoms with E-state index in [1.54, 1.807) is 0 Å². The van der Waals surface area contributed by atoms with Crippen LogP contribution in [0, 0.1) is 18.8 Å². The average molecular weight is 340 g/mol. The van der Waals surface area contributed by atoms with Gasteiger partial charge < -0.3 is 9.47 Å². The topological polar surface area (TPSA) is 35.5 Å². The first-order chi connectivity index (χ1) is 11.9. The zero-order valence-electron chi connectivity index (χ0n) is 15.9. The molecule has 0 aliphatic carbocycles. The van der Waals surface area contributed by atoms with E-state index in [1.165, 1.54) is 0 Å². The Bertz CT molecular complexity index is 711. The predicted molar refractivity (Wildman–Crippen MR) is 101 cm³/mol. The number of ether oxygens (including phenoxy) is 2. The van der Waals surface area contributed by atoms with Crippen LogP contribution in [0.25, 0.3) is 0 Å². The smallest absolute Gasteiger partial charge is 0.166 e. The van der Waals surface area contributed by atoms with Crippen LogP contribution in [0.4, 0.5) is 0 Å². The van der Waals surface area contributed by atoms with Crippen molar-refractivity contribution in [1.29, 1.82) is 0 Å². The summed E-state index contributed by atoms with van der Waals surface area (Å²) in [6.07, 6.45) is 4.70. The van der Waals surface area contributed by atoms with E-state index in [4.69, 9.17) is 9.47 Å². The Balaban J connectivity index is 2.15. The molecule has 0 spiro atoms. The second-order valence-electron chi connectivity index (χ2n) is 7.04. The number of hydrogen-bond donors (Lipinski definition) is 0. The van der Waals surface area contributed by atoms with Gasteiger partial charge in [0.2, 0.25) is 0 Å². The molecule has 0 aromatic heterocycles. The molecule has 0 unspecified atom stereocenters. The molecule has 0 radical (unpaired) electrons. The molecule has 1 fully saturated rings. The molecule has 25 heavy (non-hydrogen) atoms. The van der Waals surface area contributed by atoms with Crippen molar-refractivity contribution in [2.24, 2.45) is 0 Å². The van der Waals surface area contributed by atoms with E-state index in [9.17, 15) is 4.79 Å². The molecule has 1 saturated heterocycles. The molecule has 2 rings (SSSR count). The Kier molecular flexibility index (Phi) is 6.58. The van der Waals surface area contributed by atoms with E-state index < -0.39 is 5.79 Å². The van der Waals surface area contributed by atoms with Crippen molar-refractivity contribution in [3.63, 3.8) is 0 Å². The predicted octanol–water partition coefficient (Wildman–Crippen LogP) is 4.77. The lowest BCUT2D eigenvalue weighted by Gasteiger charge is -2.21. The maximum atomic E-state index is 11.6. The zero-order valence-corrected chi connectivity index (χ0v) is 15.9. The summed E-state index contributed by atoms with van der Waals surface area (Å²) in [6.45, 7) is 11.5. The lowest BCUT2D eigenvalue weighted by Crippen LogP contribution is -2.24. The minimum atomic E-state index is -0.461. The van der Waals surface area contributed by atoms with E-state index in [0.29, 0.717) is 19.1 Å². The fourth-order valence-electron chi connectivity index (χ4n) is 3.01. The second kappa shape index (κ2) is 8.47. The highest BCUT2D eigenvalue weighted by Crippen LogP contribution is 2.25. The van der Waals surface area contributed by atoms with Crippen LogP contribution in [0.3, 0.4) is 0 Å². The lowest BCUT2D eigenvalue weighted by molar-refractivity contribution is -0.145. The molecule has 1 aliphatic heterocycles. The van der Waals surface area contributed by atoms with Gasteiger partial charge in [-0.25, -0.2) is 0 Å². The lowest BCUT2D eigenvalue weighted by atomic mass is 9.91. The molecule has 1 aliphatic rings. The van der Waals surface area contributed by atoms with Crippen LogP contribution in [-0.4, -0.2) is 25.3 Å². The van der Waals surface area contributed by atoms with Gasteiger partial charge in [-0.05, 0) is 49.8 Å². The summed E-state index contributed by atoms with van der Waals surface area (Å²) < 4.78 is 11.2. The normalized spacial score (nSPS) is 16.6. The van der Waals surface area contributed by atoms with Gasteiger partial charge in [0, 0.05) is 17.5 Å². The minimum absolute atomic E-state index is 0.296. The van der Waals surface area contributed by atoms with Gasteiger partial charge in [0.1, 0.15) is 0 Å². The van der Waals surface area contributed by atoms with Gasteiger partial charge in [-0.2, -0.15) is 0 Å². The summed E-state index contributed by atoms with van der Waals surface area (Å²) >= 11 is 0. The Morgan fingerprint density at radius 2 is 2.00 bits per heavy atom. The molecule has 3 nitrogen and oxygen atoms in total. The molecule has 0 amide bonds. The van der Waals surface area contributed by atoms with Crippen LogP contribution in [-0.2, 0) is 9.47 Å². The standard InChI is InChI=1S/C22H28O3/c1-16(2)19-11-9-18(4)20(21(19)15-23)10-8-17(3)7-6-12-22(5)24-13-14-25-22/h7,9,11,15-16H,6,12-14H2,1-5H3/b17-7-.